The van der Waals surface area contributed by atoms with Crippen LogP contribution >= 0.6 is 12.4 Å². The Kier molecular flexibility index (Phi) is 4.32. The molecular formula is C15H19ClN6O. The van der Waals surface area contributed by atoms with Crippen LogP contribution in [0.2, 0.25) is 0 Å². The van der Waals surface area contributed by atoms with E-state index in [1.165, 1.54) is 6.33 Å². The average molecular weight is 335 g/mol. The van der Waals surface area contributed by atoms with Gasteiger partial charge in [0.2, 0.25) is 5.91 Å². The summed E-state index contributed by atoms with van der Waals surface area (Å²) in [5.74, 6) is 0.294. The largest absolute Gasteiger partial charge is 0.326 e. The van der Waals surface area contributed by atoms with E-state index in [9.17, 15) is 4.79 Å². The molecule has 7 nitrogen and oxygen atoms in total. The average Bonchev–Trinajstić information content (AvgIpc) is 3.00. The van der Waals surface area contributed by atoms with Crippen LogP contribution in [0.1, 0.15) is 19.3 Å². The van der Waals surface area contributed by atoms with Gasteiger partial charge in [0.05, 0.1) is 5.69 Å². The zero-order chi connectivity index (χ0) is 15.0. The van der Waals surface area contributed by atoms with Crippen LogP contribution in [-0.4, -0.2) is 39.2 Å². The molecule has 1 unspecified atom stereocenters. The third-order valence-electron chi connectivity index (χ3n) is 4.83. The summed E-state index contributed by atoms with van der Waals surface area (Å²) in [6.45, 7) is 2.05. The molecule has 2 fully saturated rings. The van der Waals surface area contributed by atoms with Crippen molar-refractivity contribution in [1.29, 1.82) is 0 Å². The van der Waals surface area contributed by atoms with Gasteiger partial charge in [0.15, 0.2) is 0 Å². The third-order valence-corrected chi connectivity index (χ3v) is 4.83. The quantitative estimate of drug-likeness (QED) is 0.886. The van der Waals surface area contributed by atoms with Gasteiger partial charge in [-0.2, -0.15) is 0 Å². The van der Waals surface area contributed by atoms with E-state index < -0.39 is 0 Å². The van der Waals surface area contributed by atoms with Crippen molar-refractivity contribution < 1.29 is 4.79 Å². The Labute approximate surface area is 140 Å². The van der Waals surface area contributed by atoms with Crippen molar-refractivity contribution in [2.45, 2.75) is 19.3 Å². The maximum Gasteiger partial charge on any atom is 0.228 e. The normalized spacial score (nSPS) is 21.5. The number of carbonyl (C=O) groups excluding carboxylic acids is 1. The van der Waals surface area contributed by atoms with E-state index in [0.29, 0.717) is 0 Å². The van der Waals surface area contributed by atoms with Crippen molar-refractivity contribution in [3.8, 4) is 5.69 Å². The molecule has 1 spiro atoms. The maximum absolute atomic E-state index is 12.5. The SMILES string of the molecule is Cl.O=C(Nc1cccc(-n2cnnn2)c1)C1CC12CCNCC2. The molecular weight excluding hydrogens is 316 g/mol. The summed E-state index contributed by atoms with van der Waals surface area (Å²) in [7, 11) is 0. The Morgan fingerprint density at radius 1 is 1.35 bits per heavy atom. The fourth-order valence-electron chi connectivity index (χ4n) is 3.43. The van der Waals surface area contributed by atoms with Gasteiger partial charge in [-0.05, 0) is 66.4 Å². The van der Waals surface area contributed by atoms with Crippen LogP contribution in [0.5, 0.6) is 0 Å². The van der Waals surface area contributed by atoms with Gasteiger partial charge in [-0.25, -0.2) is 4.68 Å². The predicted molar refractivity (Wildman–Crippen MR) is 87.7 cm³/mol. The highest BCUT2D eigenvalue weighted by molar-refractivity contribution is 5.95. The second-order valence-electron chi connectivity index (χ2n) is 6.16. The standard InChI is InChI=1S/C15H18N6O.ClH/c22-14(13-9-15(13)4-6-16-7-5-15)18-11-2-1-3-12(8-11)21-10-17-19-20-21;/h1-3,8,10,13,16H,4-7,9H2,(H,18,22);1H. The number of anilines is 1. The number of tetrazole rings is 1. The van der Waals surface area contributed by atoms with Crippen molar-refractivity contribution in [2.24, 2.45) is 11.3 Å². The van der Waals surface area contributed by atoms with Crippen LogP contribution in [0, 0.1) is 11.3 Å². The first-order chi connectivity index (χ1) is 10.8. The molecule has 1 aliphatic carbocycles. The molecule has 1 saturated heterocycles. The summed E-state index contributed by atoms with van der Waals surface area (Å²) in [5, 5.41) is 17.5. The topological polar surface area (TPSA) is 84.7 Å². The number of rotatable bonds is 3. The molecule has 1 aromatic heterocycles. The van der Waals surface area contributed by atoms with Crippen molar-refractivity contribution in [3.63, 3.8) is 0 Å². The van der Waals surface area contributed by atoms with Crippen LogP contribution in [-0.2, 0) is 4.79 Å². The van der Waals surface area contributed by atoms with E-state index in [1.54, 1.807) is 4.68 Å². The highest BCUT2D eigenvalue weighted by Crippen LogP contribution is 2.58. The zero-order valence-electron chi connectivity index (χ0n) is 12.6. The first-order valence-corrected chi connectivity index (χ1v) is 7.62. The van der Waals surface area contributed by atoms with E-state index in [-0.39, 0.29) is 29.6 Å². The van der Waals surface area contributed by atoms with E-state index >= 15 is 0 Å². The van der Waals surface area contributed by atoms with Gasteiger partial charge in [0.1, 0.15) is 6.33 Å². The summed E-state index contributed by atoms with van der Waals surface area (Å²) >= 11 is 0. The van der Waals surface area contributed by atoms with Crippen LogP contribution in [0.25, 0.3) is 5.69 Å². The minimum absolute atomic E-state index is 0. The summed E-state index contributed by atoms with van der Waals surface area (Å²) < 4.78 is 1.57. The van der Waals surface area contributed by atoms with E-state index in [4.69, 9.17) is 0 Å². The minimum Gasteiger partial charge on any atom is -0.326 e. The second kappa shape index (κ2) is 6.25. The Bertz CT molecular complexity index is 683. The Hall–Kier alpha value is -1.99. The molecule has 0 radical (unpaired) electrons. The molecule has 1 aromatic carbocycles. The molecule has 23 heavy (non-hydrogen) atoms. The lowest BCUT2D eigenvalue weighted by atomic mass is 9.92. The second-order valence-corrected chi connectivity index (χ2v) is 6.16. The third kappa shape index (κ3) is 3.07. The Morgan fingerprint density at radius 3 is 2.91 bits per heavy atom. The van der Waals surface area contributed by atoms with Gasteiger partial charge in [0, 0.05) is 11.6 Å². The fraction of sp³-hybridized carbons (Fsp3) is 0.467. The summed E-state index contributed by atoms with van der Waals surface area (Å²) in [4.78, 5) is 12.5. The number of amides is 1. The molecule has 2 aliphatic rings. The van der Waals surface area contributed by atoms with Crippen molar-refractivity contribution in [3.05, 3.63) is 30.6 Å². The molecule has 8 heteroatoms. The summed E-state index contributed by atoms with van der Waals surface area (Å²) in [5.41, 5.74) is 1.87. The number of nitrogens with zero attached hydrogens (tertiary/aromatic N) is 4. The first-order valence-electron chi connectivity index (χ1n) is 7.62. The molecule has 1 atom stereocenters. The number of benzene rings is 1. The zero-order valence-corrected chi connectivity index (χ0v) is 13.4. The van der Waals surface area contributed by atoms with Gasteiger partial charge in [-0.15, -0.1) is 17.5 Å². The summed E-state index contributed by atoms with van der Waals surface area (Å²) in [6.07, 6.45) is 4.77. The van der Waals surface area contributed by atoms with E-state index in [1.807, 2.05) is 24.3 Å². The van der Waals surface area contributed by atoms with Crippen LogP contribution in [0.15, 0.2) is 30.6 Å². The van der Waals surface area contributed by atoms with Crippen molar-refractivity contribution in [1.82, 2.24) is 25.5 Å². The predicted octanol–water partition coefficient (Wildman–Crippen LogP) is 1.41. The fourth-order valence-corrected chi connectivity index (χ4v) is 3.43. The number of aromatic nitrogens is 4. The summed E-state index contributed by atoms with van der Waals surface area (Å²) in [6, 6.07) is 7.56. The molecule has 1 saturated carbocycles. The number of nitrogens with one attached hydrogen (secondary N) is 2. The highest BCUT2D eigenvalue weighted by atomic mass is 35.5. The lowest BCUT2D eigenvalue weighted by molar-refractivity contribution is -0.118. The molecule has 2 aromatic rings. The van der Waals surface area contributed by atoms with Crippen molar-refractivity contribution >= 4 is 24.0 Å². The molecule has 122 valence electrons. The van der Waals surface area contributed by atoms with Crippen LogP contribution in [0.4, 0.5) is 5.69 Å². The molecule has 2 heterocycles. The van der Waals surface area contributed by atoms with Gasteiger partial charge in [-0.1, -0.05) is 6.07 Å². The molecule has 0 bridgehead atoms. The van der Waals surface area contributed by atoms with Crippen molar-refractivity contribution in [2.75, 3.05) is 18.4 Å². The molecule has 1 aliphatic heterocycles. The number of carbonyl (C=O) groups is 1. The smallest absolute Gasteiger partial charge is 0.228 e. The van der Waals surface area contributed by atoms with E-state index in [0.717, 1.165) is 43.7 Å². The minimum atomic E-state index is 0. The van der Waals surface area contributed by atoms with Gasteiger partial charge >= 0.3 is 0 Å². The monoisotopic (exact) mass is 334 g/mol. The number of piperidine rings is 1. The van der Waals surface area contributed by atoms with Gasteiger partial charge < -0.3 is 10.6 Å². The Balaban J connectivity index is 0.00000156. The Morgan fingerprint density at radius 2 is 2.17 bits per heavy atom. The number of halogens is 1. The highest BCUT2D eigenvalue weighted by Gasteiger charge is 2.57. The lowest BCUT2D eigenvalue weighted by Crippen LogP contribution is -2.31. The van der Waals surface area contributed by atoms with Crippen LogP contribution in [0.3, 0.4) is 0 Å². The lowest BCUT2D eigenvalue weighted by Gasteiger charge is -2.23. The first kappa shape index (κ1) is 15.9. The number of hydrogen-bond acceptors (Lipinski definition) is 5. The molecule has 4 rings (SSSR count). The van der Waals surface area contributed by atoms with Gasteiger partial charge in [-0.3, -0.25) is 4.79 Å². The van der Waals surface area contributed by atoms with Crippen LogP contribution < -0.4 is 10.6 Å². The molecule has 1 amide bonds. The number of hydrogen-bond donors (Lipinski definition) is 2. The van der Waals surface area contributed by atoms with Gasteiger partial charge in [0.25, 0.3) is 0 Å². The van der Waals surface area contributed by atoms with E-state index in [2.05, 4.69) is 26.2 Å². The maximum atomic E-state index is 12.5. The molecule has 2 N–H and O–H groups in total.